The maximum atomic E-state index is 11.3. The van der Waals surface area contributed by atoms with Gasteiger partial charge in [0.2, 0.25) is 11.7 Å². The SMILES string of the molecule is CC(=O)NC1=C[C@@H](O)[C@@H]2O[C@@H]2C1=O. The maximum absolute atomic E-state index is 11.3. The first-order chi connectivity index (χ1) is 6.09. The van der Waals surface area contributed by atoms with Crippen LogP contribution in [0.4, 0.5) is 0 Å². The molecule has 1 aliphatic carbocycles. The van der Waals surface area contributed by atoms with Crippen LogP contribution < -0.4 is 5.32 Å². The van der Waals surface area contributed by atoms with Gasteiger partial charge in [0.15, 0.2) is 6.10 Å². The van der Waals surface area contributed by atoms with Crippen molar-refractivity contribution < 1.29 is 19.4 Å². The lowest BCUT2D eigenvalue weighted by Gasteiger charge is -2.12. The van der Waals surface area contributed by atoms with Crippen LogP contribution in [0.25, 0.3) is 0 Å². The van der Waals surface area contributed by atoms with Crippen molar-refractivity contribution in [2.75, 3.05) is 0 Å². The summed E-state index contributed by atoms with van der Waals surface area (Å²) in [7, 11) is 0. The molecule has 1 aliphatic heterocycles. The number of aliphatic hydroxyl groups is 1. The molecule has 0 bridgehead atoms. The monoisotopic (exact) mass is 183 g/mol. The minimum atomic E-state index is -0.787. The first-order valence-electron chi connectivity index (χ1n) is 3.97. The van der Waals surface area contributed by atoms with E-state index in [1.54, 1.807) is 0 Å². The van der Waals surface area contributed by atoms with E-state index >= 15 is 0 Å². The molecule has 5 heteroatoms. The van der Waals surface area contributed by atoms with Crippen molar-refractivity contribution in [1.29, 1.82) is 0 Å². The fourth-order valence-corrected chi connectivity index (χ4v) is 1.39. The van der Waals surface area contributed by atoms with Crippen LogP contribution in [0.15, 0.2) is 11.8 Å². The van der Waals surface area contributed by atoms with Crippen molar-refractivity contribution >= 4 is 11.7 Å². The van der Waals surface area contributed by atoms with Crippen molar-refractivity contribution in [2.45, 2.75) is 25.2 Å². The van der Waals surface area contributed by atoms with Crippen LogP contribution in [0, 0.1) is 0 Å². The molecular weight excluding hydrogens is 174 g/mol. The number of hydrogen-bond donors (Lipinski definition) is 2. The molecule has 0 radical (unpaired) electrons. The lowest BCUT2D eigenvalue weighted by atomic mass is 10.0. The fraction of sp³-hybridized carbons (Fsp3) is 0.500. The topological polar surface area (TPSA) is 78.9 Å². The van der Waals surface area contributed by atoms with Crippen LogP contribution >= 0.6 is 0 Å². The second-order valence-corrected chi connectivity index (χ2v) is 3.14. The Kier molecular flexibility index (Phi) is 1.71. The fourth-order valence-electron chi connectivity index (χ4n) is 1.39. The third kappa shape index (κ3) is 1.36. The number of carbonyl (C=O) groups excluding carboxylic acids is 2. The molecule has 13 heavy (non-hydrogen) atoms. The van der Waals surface area contributed by atoms with E-state index in [2.05, 4.69) is 5.32 Å². The average Bonchev–Trinajstić information content (AvgIpc) is 2.77. The Morgan fingerprint density at radius 2 is 2.38 bits per heavy atom. The van der Waals surface area contributed by atoms with Crippen molar-refractivity contribution in [3.05, 3.63) is 11.8 Å². The first kappa shape index (κ1) is 8.40. The van der Waals surface area contributed by atoms with Gasteiger partial charge in [0.1, 0.15) is 12.2 Å². The van der Waals surface area contributed by atoms with E-state index in [9.17, 15) is 14.7 Å². The molecule has 1 saturated heterocycles. The second kappa shape index (κ2) is 2.65. The van der Waals surface area contributed by atoms with Gasteiger partial charge in [0.05, 0.1) is 5.70 Å². The Bertz CT molecular complexity index is 309. The zero-order valence-electron chi connectivity index (χ0n) is 6.98. The molecule has 0 aromatic rings. The Morgan fingerprint density at radius 3 is 3.00 bits per heavy atom. The highest BCUT2D eigenvalue weighted by Gasteiger charge is 2.53. The molecule has 70 valence electrons. The highest BCUT2D eigenvalue weighted by molar-refractivity contribution is 6.04. The third-order valence-electron chi connectivity index (χ3n) is 2.03. The average molecular weight is 183 g/mol. The Labute approximate surface area is 74.4 Å². The predicted molar refractivity (Wildman–Crippen MR) is 41.6 cm³/mol. The zero-order chi connectivity index (χ0) is 9.59. The van der Waals surface area contributed by atoms with E-state index < -0.39 is 18.3 Å². The van der Waals surface area contributed by atoms with E-state index in [-0.39, 0.29) is 17.4 Å². The number of hydrogen-bond acceptors (Lipinski definition) is 4. The molecule has 2 rings (SSSR count). The molecule has 0 saturated carbocycles. The molecule has 3 atom stereocenters. The van der Waals surface area contributed by atoms with Gasteiger partial charge in [-0.2, -0.15) is 0 Å². The maximum Gasteiger partial charge on any atom is 0.221 e. The summed E-state index contributed by atoms with van der Waals surface area (Å²) in [5, 5.41) is 11.7. The lowest BCUT2D eigenvalue weighted by molar-refractivity contribution is -0.122. The van der Waals surface area contributed by atoms with Gasteiger partial charge >= 0.3 is 0 Å². The highest BCUT2D eigenvalue weighted by Crippen LogP contribution is 2.32. The molecule has 0 unspecified atom stereocenters. The van der Waals surface area contributed by atoms with Crippen LogP contribution in [0.2, 0.25) is 0 Å². The Balaban J connectivity index is 2.17. The Morgan fingerprint density at radius 1 is 1.69 bits per heavy atom. The minimum absolute atomic E-state index is 0.138. The predicted octanol–water partition coefficient (Wildman–Crippen LogP) is -1.28. The van der Waals surface area contributed by atoms with E-state index in [1.807, 2.05) is 0 Å². The Hall–Kier alpha value is -1.20. The van der Waals surface area contributed by atoms with E-state index in [4.69, 9.17) is 4.74 Å². The van der Waals surface area contributed by atoms with Crippen molar-refractivity contribution in [2.24, 2.45) is 0 Å². The minimum Gasteiger partial charge on any atom is -0.386 e. The van der Waals surface area contributed by atoms with Crippen molar-refractivity contribution in [3.8, 4) is 0 Å². The summed E-state index contributed by atoms with van der Waals surface area (Å²) in [4.78, 5) is 22.0. The number of Topliss-reactive ketones (excluding diaryl/α,β-unsaturated/α-hetero) is 1. The number of nitrogens with one attached hydrogen (secondary N) is 1. The number of epoxide rings is 1. The quantitative estimate of drug-likeness (QED) is 0.496. The van der Waals surface area contributed by atoms with E-state index in [0.29, 0.717) is 0 Å². The third-order valence-corrected chi connectivity index (χ3v) is 2.03. The molecule has 0 spiro atoms. The summed E-state index contributed by atoms with van der Waals surface area (Å²) in [6.07, 6.45) is -0.422. The summed E-state index contributed by atoms with van der Waals surface area (Å²) < 4.78 is 4.91. The van der Waals surface area contributed by atoms with Gasteiger partial charge in [-0.3, -0.25) is 9.59 Å². The number of aliphatic hydroxyl groups excluding tert-OH is 1. The van der Waals surface area contributed by atoms with Crippen molar-refractivity contribution in [1.82, 2.24) is 5.32 Å². The zero-order valence-corrected chi connectivity index (χ0v) is 6.98. The molecule has 1 fully saturated rings. The van der Waals surface area contributed by atoms with Gasteiger partial charge < -0.3 is 15.2 Å². The summed E-state index contributed by atoms with van der Waals surface area (Å²) in [6, 6.07) is 0. The van der Waals surface area contributed by atoms with Gasteiger partial charge in [-0.1, -0.05) is 0 Å². The molecule has 2 N–H and O–H groups in total. The van der Waals surface area contributed by atoms with Crippen molar-refractivity contribution in [3.63, 3.8) is 0 Å². The van der Waals surface area contributed by atoms with Crippen LogP contribution in [0.3, 0.4) is 0 Å². The number of carbonyl (C=O) groups is 2. The largest absolute Gasteiger partial charge is 0.386 e. The van der Waals surface area contributed by atoms with Crippen LogP contribution in [-0.4, -0.2) is 35.1 Å². The molecule has 5 nitrogen and oxygen atoms in total. The number of ether oxygens (including phenoxy) is 1. The lowest BCUT2D eigenvalue weighted by Crippen LogP contribution is -2.34. The summed E-state index contributed by atoms with van der Waals surface area (Å²) in [6.45, 7) is 1.31. The summed E-state index contributed by atoms with van der Waals surface area (Å²) >= 11 is 0. The van der Waals surface area contributed by atoms with E-state index in [0.717, 1.165) is 0 Å². The van der Waals surface area contributed by atoms with Gasteiger partial charge in [-0.25, -0.2) is 0 Å². The number of ketones is 1. The molecule has 1 heterocycles. The van der Waals surface area contributed by atoms with Crippen LogP contribution in [-0.2, 0) is 14.3 Å². The molecule has 2 aliphatic rings. The summed E-state index contributed by atoms with van der Waals surface area (Å²) in [5.74, 6) is -0.587. The van der Waals surface area contributed by atoms with Gasteiger partial charge in [0, 0.05) is 6.92 Å². The first-order valence-corrected chi connectivity index (χ1v) is 3.97. The normalized spacial score (nSPS) is 36.3. The number of rotatable bonds is 1. The molecule has 0 aromatic carbocycles. The molecular formula is C8H9NO4. The molecule has 0 aromatic heterocycles. The van der Waals surface area contributed by atoms with E-state index in [1.165, 1.54) is 13.0 Å². The van der Waals surface area contributed by atoms with Crippen LogP contribution in [0.1, 0.15) is 6.92 Å². The molecule has 1 amide bonds. The number of amides is 1. The van der Waals surface area contributed by atoms with Gasteiger partial charge in [-0.05, 0) is 6.08 Å². The summed E-state index contributed by atoms with van der Waals surface area (Å²) in [5.41, 5.74) is 0.138. The number of fused-ring (bicyclic) bond motifs is 1. The highest BCUT2D eigenvalue weighted by atomic mass is 16.6. The smallest absolute Gasteiger partial charge is 0.221 e. The second-order valence-electron chi connectivity index (χ2n) is 3.14. The standard InChI is InChI=1S/C8H9NO4/c1-3(10)9-4-2-5(11)7-8(13-7)6(4)12/h2,5,7-8,11H,1H3,(H,9,10)/t5-,7+,8-/m1/s1. The van der Waals surface area contributed by atoms with Crippen LogP contribution in [0.5, 0.6) is 0 Å². The van der Waals surface area contributed by atoms with Gasteiger partial charge in [-0.15, -0.1) is 0 Å². The van der Waals surface area contributed by atoms with Gasteiger partial charge in [0.25, 0.3) is 0 Å².